The van der Waals surface area contributed by atoms with Gasteiger partial charge < -0.3 is 14.3 Å². The van der Waals surface area contributed by atoms with Crippen LogP contribution < -0.4 is 4.74 Å². The summed E-state index contributed by atoms with van der Waals surface area (Å²) in [5, 5.41) is 14.8. The molecule has 1 atom stereocenters. The van der Waals surface area contributed by atoms with Crippen molar-refractivity contribution in [2.75, 3.05) is 7.11 Å². The maximum atomic E-state index is 10.4. The summed E-state index contributed by atoms with van der Waals surface area (Å²) < 4.78 is 11.9. The van der Waals surface area contributed by atoms with E-state index in [4.69, 9.17) is 20.8 Å². The number of hydrogen-bond acceptors (Lipinski definition) is 4. The molecule has 0 saturated heterocycles. The zero-order valence-corrected chi connectivity index (χ0v) is 11.0. The Bertz CT molecular complexity index is 521. The molecule has 1 N–H and O–H groups in total. The number of furan rings is 1. The van der Waals surface area contributed by atoms with Crippen molar-refractivity contribution in [2.45, 2.75) is 26.0 Å². The summed E-state index contributed by atoms with van der Waals surface area (Å²) >= 11 is 5.88. The van der Waals surface area contributed by atoms with Crippen LogP contribution in [0.3, 0.4) is 0 Å². The maximum Gasteiger partial charge on any atom is 0.199 e. The first-order valence-corrected chi connectivity index (χ1v) is 6.07. The topological polar surface area (TPSA) is 60.4 Å². The van der Waals surface area contributed by atoms with Gasteiger partial charge in [-0.3, -0.25) is 4.68 Å². The van der Waals surface area contributed by atoms with Crippen molar-refractivity contribution >= 4 is 11.6 Å². The molecule has 0 aliphatic carbocycles. The molecule has 18 heavy (non-hydrogen) atoms. The first-order chi connectivity index (χ1) is 8.69. The molecule has 0 radical (unpaired) electrons. The highest BCUT2D eigenvalue weighted by Crippen LogP contribution is 2.34. The molecule has 0 aliphatic heterocycles. The molecule has 0 aliphatic rings. The second kappa shape index (κ2) is 5.46. The van der Waals surface area contributed by atoms with E-state index in [0.29, 0.717) is 23.6 Å². The van der Waals surface area contributed by atoms with E-state index in [1.165, 1.54) is 6.26 Å². The van der Waals surface area contributed by atoms with Crippen LogP contribution in [0.25, 0.3) is 0 Å². The maximum absolute atomic E-state index is 10.4. The molecule has 0 aromatic carbocycles. The van der Waals surface area contributed by atoms with Crippen molar-refractivity contribution in [3.63, 3.8) is 0 Å². The van der Waals surface area contributed by atoms with Crippen LogP contribution in [-0.2, 0) is 6.54 Å². The fourth-order valence-corrected chi connectivity index (χ4v) is 2.07. The first-order valence-electron chi connectivity index (χ1n) is 5.69. The van der Waals surface area contributed by atoms with E-state index in [2.05, 4.69) is 5.10 Å². The molecule has 0 spiro atoms. The van der Waals surface area contributed by atoms with Gasteiger partial charge >= 0.3 is 0 Å². The van der Waals surface area contributed by atoms with Crippen LogP contribution in [0.1, 0.15) is 30.7 Å². The lowest BCUT2D eigenvalue weighted by Gasteiger charge is -2.13. The van der Waals surface area contributed by atoms with E-state index in [9.17, 15) is 5.11 Å². The Balaban J connectivity index is 2.42. The van der Waals surface area contributed by atoms with Gasteiger partial charge in [0.05, 0.1) is 19.6 Å². The Labute approximate surface area is 110 Å². The number of aryl methyl sites for hydroxylation is 1. The number of hydrogen-bond donors (Lipinski definition) is 1. The monoisotopic (exact) mass is 270 g/mol. The fourth-order valence-electron chi connectivity index (χ4n) is 1.85. The van der Waals surface area contributed by atoms with Crippen LogP contribution in [0.15, 0.2) is 22.9 Å². The second-order valence-electron chi connectivity index (χ2n) is 3.87. The van der Waals surface area contributed by atoms with Gasteiger partial charge in [0.15, 0.2) is 11.0 Å². The molecule has 0 bridgehead atoms. The third-order valence-electron chi connectivity index (χ3n) is 2.70. The molecule has 2 aromatic rings. The summed E-state index contributed by atoms with van der Waals surface area (Å²) in [6, 6.07) is 1.63. The van der Waals surface area contributed by atoms with Crippen molar-refractivity contribution in [1.82, 2.24) is 9.78 Å². The Morgan fingerprint density at radius 1 is 1.61 bits per heavy atom. The third-order valence-corrected chi connectivity index (χ3v) is 3.01. The van der Waals surface area contributed by atoms with Crippen LogP contribution >= 0.6 is 11.6 Å². The summed E-state index contributed by atoms with van der Waals surface area (Å²) in [4.78, 5) is 0. The van der Waals surface area contributed by atoms with E-state index in [0.717, 1.165) is 6.42 Å². The number of rotatable bonds is 5. The molecule has 6 heteroatoms. The smallest absolute Gasteiger partial charge is 0.199 e. The van der Waals surface area contributed by atoms with Gasteiger partial charge in [0.25, 0.3) is 0 Å². The number of nitrogens with zero attached hydrogens (tertiary/aromatic N) is 2. The second-order valence-corrected chi connectivity index (χ2v) is 4.22. The summed E-state index contributed by atoms with van der Waals surface area (Å²) in [5.74, 6) is 0.535. The number of aliphatic hydroxyl groups is 1. The summed E-state index contributed by atoms with van der Waals surface area (Å²) in [6.45, 7) is 2.74. The van der Waals surface area contributed by atoms with Crippen molar-refractivity contribution in [2.24, 2.45) is 0 Å². The van der Waals surface area contributed by atoms with Crippen LogP contribution in [0.5, 0.6) is 5.75 Å². The van der Waals surface area contributed by atoms with E-state index in [1.54, 1.807) is 24.1 Å². The summed E-state index contributed by atoms with van der Waals surface area (Å²) in [6.07, 6.45) is 3.01. The molecule has 0 amide bonds. The van der Waals surface area contributed by atoms with Crippen molar-refractivity contribution in [3.8, 4) is 5.75 Å². The van der Waals surface area contributed by atoms with E-state index in [-0.39, 0.29) is 5.22 Å². The third kappa shape index (κ3) is 2.23. The first kappa shape index (κ1) is 13.0. The van der Waals surface area contributed by atoms with Crippen molar-refractivity contribution in [1.29, 1.82) is 0 Å². The molecule has 2 heterocycles. The van der Waals surface area contributed by atoms with Gasteiger partial charge in [-0.25, -0.2) is 0 Å². The lowest BCUT2D eigenvalue weighted by molar-refractivity contribution is 0.201. The molecular formula is C12H15ClN2O3. The highest BCUT2D eigenvalue weighted by atomic mass is 35.5. The average molecular weight is 271 g/mol. The van der Waals surface area contributed by atoms with Gasteiger partial charge in [0, 0.05) is 12.1 Å². The SMILES string of the molecule is CCCn1ncc(OC)c1C(O)c1ccoc1Cl. The number of halogens is 1. The molecule has 2 rings (SSSR count). The Morgan fingerprint density at radius 2 is 2.39 bits per heavy atom. The lowest BCUT2D eigenvalue weighted by atomic mass is 10.1. The minimum absolute atomic E-state index is 0.175. The molecule has 2 aromatic heterocycles. The predicted octanol–water partition coefficient (Wildman–Crippen LogP) is 2.63. The zero-order valence-electron chi connectivity index (χ0n) is 10.3. The minimum Gasteiger partial charge on any atom is -0.493 e. The minimum atomic E-state index is -0.916. The lowest BCUT2D eigenvalue weighted by Crippen LogP contribution is -2.11. The zero-order chi connectivity index (χ0) is 13.1. The Kier molecular flexibility index (Phi) is 3.93. The van der Waals surface area contributed by atoms with Gasteiger partial charge in [-0.05, 0) is 24.1 Å². The quantitative estimate of drug-likeness (QED) is 0.907. The van der Waals surface area contributed by atoms with Gasteiger partial charge in [-0.1, -0.05) is 6.92 Å². The summed E-state index contributed by atoms with van der Waals surface area (Å²) in [7, 11) is 1.54. The highest BCUT2D eigenvalue weighted by Gasteiger charge is 2.24. The van der Waals surface area contributed by atoms with Gasteiger partial charge in [0.1, 0.15) is 11.8 Å². The van der Waals surface area contributed by atoms with Crippen LogP contribution in [0.2, 0.25) is 5.22 Å². The normalized spacial score (nSPS) is 12.7. The van der Waals surface area contributed by atoms with Crippen LogP contribution in [0.4, 0.5) is 0 Å². The van der Waals surface area contributed by atoms with Gasteiger partial charge in [-0.15, -0.1) is 0 Å². The number of ether oxygens (including phenoxy) is 1. The molecule has 1 unspecified atom stereocenters. The molecule has 0 saturated carbocycles. The van der Waals surface area contributed by atoms with E-state index >= 15 is 0 Å². The van der Waals surface area contributed by atoms with Crippen molar-refractivity contribution < 1.29 is 14.3 Å². The van der Waals surface area contributed by atoms with Gasteiger partial charge in [0.2, 0.25) is 0 Å². The average Bonchev–Trinajstić information content (AvgIpc) is 2.95. The Hall–Kier alpha value is -1.46. The molecular weight excluding hydrogens is 256 g/mol. The fraction of sp³-hybridized carbons (Fsp3) is 0.417. The molecule has 5 nitrogen and oxygen atoms in total. The van der Waals surface area contributed by atoms with E-state index < -0.39 is 6.10 Å². The molecule has 0 fully saturated rings. The van der Waals surface area contributed by atoms with Crippen molar-refractivity contribution in [3.05, 3.63) is 35.0 Å². The standard InChI is InChI=1S/C12H15ClN2O3/c1-3-5-15-10(9(17-2)7-14-15)11(16)8-4-6-18-12(8)13/h4,6-7,11,16H,3,5H2,1-2H3. The predicted molar refractivity (Wildman–Crippen MR) is 66.8 cm³/mol. The number of methoxy groups -OCH3 is 1. The van der Waals surface area contributed by atoms with Gasteiger partial charge in [-0.2, -0.15) is 5.10 Å². The Morgan fingerprint density at radius 3 is 2.94 bits per heavy atom. The largest absolute Gasteiger partial charge is 0.493 e. The van der Waals surface area contributed by atoms with Crippen LogP contribution in [0, 0.1) is 0 Å². The highest BCUT2D eigenvalue weighted by molar-refractivity contribution is 6.29. The number of aliphatic hydroxyl groups excluding tert-OH is 1. The molecule has 98 valence electrons. The van der Waals surface area contributed by atoms with Crippen LogP contribution in [-0.4, -0.2) is 22.0 Å². The van der Waals surface area contributed by atoms with E-state index in [1.807, 2.05) is 6.92 Å². The summed E-state index contributed by atoms with van der Waals surface area (Å²) in [5.41, 5.74) is 1.09. The number of aromatic nitrogens is 2.